The summed E-state index contributed by atoms with van der Waals surface area (Å²) in [5.74, 6) is -0.0222. The lowest BCUT2D eigenvalue weighted by Gasteiger charge is -2.10. The van der Waals surface area contributed by atoms with Crippen molar-refractivity contribution in [2.24, 2.45) is 0 Å². The first-order valence-corrected chi connectivity index (χ1v) is 8.89. The Morgan fingerprint density at radius 3 is 2.40 bits per heavy atom. The molecule has 0 aliphatic carbocycles. The predicted octanol–water partition coefficient (Wildman–Crippen LogP) is 5.29. The first-order chi connectivity index (χ1) is 9.29. The zero-order valence-corrected chi connectivity index (χ0v) is 15.1. The quantitative estimate of drug-likeness (QED) is 0.585. The van der Waals surface area contributed by atoms with Gasteiger partial charge in [-0.1, -0.05) is 39.1 Å². The summed E-state index contributed by atoms with van der Waals surface area (Å²) >= 11 is 18.1. The van der Waals surface area contributed by atoms with Crippen molar-refractivity contribution in [3.05, 3.63) is 55.4 Å². The van der Waals surface area contributed by atoms with E-state index in [2.05, 4.69) is 31.9 Å². The molecule has 0 spiro atoms. The summed E-state index contributed by atoms with van der Waals surface area (Å²) in [6, 6.07) is 9.07. The molecule has 0 heterocycles. The van der Waals surface area contributed by atoms with Gasteiger partial charge in [0, 0.05) is 20.0 Å². The van der Waals surface area contributed by atoms with Crippen LogP contribution >= 0.6 is 55.1 Å². The molecule has 0 amide bonds. The molecule has 0 atom stereocenters. The van der Waals surface area contributed by atoms with Crippen LogP contribution in [0.5, 0.6) is 5.75 Å². The number of halogens is 4. The van der Waals surface area contributed by atoms with E-state index in [9.17, 15) is 8.42 Å². The van der Waals surface area contributed by atoms with Crippen molar-refractivity contribution in [3.63, 3.8) is 0 Å². The smallest absolute Gasteiger partial charge is 0.340 e. The summed E-state index contributed by atoms with van der Waals surface area (Å²) in [5.41, 5.74) is 0. The Morgan fingerprint density at radius 2 is 1.70 bits per heavy atom. The fourth-order valence-corrected chi connectivity index (χ4v) is 4.13. The molecule has 20 heavy (non-hydrogen) atoms. The summed E-state index contributed by atoms with van der Waals surface area (Å²) < 4.78 is 30.6. The van der Waals surface area contributed by atoms with Gasteiger partial charge >= 0.3 is 10.1 Å². The Kier molecular flexibility index (Phi) is 5.02. The van der Waals surface area contributed by atoms with Crippen LogP contribution in [0.3, 0.4) is 0 Å². The second kappa shape index (κ2) is 6.23. The van der Waals surface area contributed by atoms with Crippen molar-refractivity contribution in [1.29, 1.82) is 0 Å². The fourth-order valence-electron chi connectivity index (χ4n) is 1.37. The van der Waals surface area contributed by atoms with Crippen molar-refractivity contribution in [2.75, 3.05) is 0 Å². The molecule has 106 valence electrons. The van der Waals surface area contributed by atoms with Crippen LogP contribution in [0.15, 0.2) is 50.2 Å². The molecule has 0 bridgehead atoms. The molecule has 0 fully saturated rings. The van der Waals surface area contributed by atoms with Gasteiger partial charge in [-0.05, 0) is 46.3 Å². The van der Waals surface area contributed by atoms with Gasteiger partial charge in [0.2, 0.25) is 0 Å². The Hall–Kier alpha value is -0.270. The molecule has 0 N–H and O–H groups in total. The Bertz CT molecular complexity index is 763. The molecule has 2 rings (SSSR count). The Balaban J connectivity index is 2.46. The van der Waals surface area contributed by atoms with Crippen LogP contribution in [0.2, 0.25) is 10.0 Å². The maximum atomic E-state index is 12.3. The van der Waals surface area contributed by atoms with Gasteiger partial charge in [0.25, 0.3) is 0 Å². The highest BCUT2D eigenvalue weighted by Crippen LogP contribution is 2.32. The zero-order valence-electron chi connectivity index (χ0n) is 9.61. The van der Waals surface area contributed by atoms with Crippen LogP contribution in [-0.2, 0) is 10.1 Å². The molecule has 0 saturated carbocycles. The molecule has 0 saturated heterocycles. The van der Waals surface area contributed by atoms with Gasteiger partial charge in [-0.2, -0.15) is 8.42 Å². The van der Waals surface area contributed by atoms with Crippen LogP contribution in [0.25, 0.3) is 0 Å². The van der Waals surface area contributed by atoms with Gasteiger partial charge in [0.05, 0.1) is 5.02 Å². The topological polar surface area (TPSA) is 43.4 Å². The van der Waals surface area contributed by atoms with E-state index >= 15 is 0 Å². The molecule has 0 aliphatic heterocycles. The summed E-state index contributed by atoms with van der Waals surface area (Å²) in [6.45, 7) is 0. The first kappa shape index (κ1) is 16.1. The highest BCUT2D eigenvalue weighted by Gasteiger charge is 2.22. The van der Waals surface area contributed by atoms with Gasteiger partial charge in [0.1, 0.15) is 4.90 Å². The fraction of sp³-hybridized carbons (Fsp3) is 0. The van der Waals surface area contributed by atoms with Crippen LogP contribution in [0.4, 0.5) is 0 Å². The minimum absolute atomic E-state index is 0.0112. The lowest BCUT2D eigenvalue weighted by Crippen LogP contribution is -2.10. The van der Waals surface area contributed by atoms with E-state index < -0.39 is 10.1 Å². The maximum absolute atomic E-state index is 12.3. The molecule has 8 heteroatoms. The highest BCUT2D eigenvalue weighted by atomic mass is 79.9. The standard InChI is InChI=1S/C12H6Br2Cl2O3S/c13-7-1-3-9(14)12(5-7)20(17,18)19-11-6-8(15)2-4-10(11)16/h1-6H. The van der Waals surface area contributed by atoms with Crippen molar-refractivity contribution < 1.29 is 12.6 Å². The van der Waals surface area contributed by atoms with Gasteiger partial charge in [-0.15, -0.1) is 0 Å². The number of hydrogen-bond acceptors (Lipinski definition) is 3. The second-order valence-electron chi connectivity index (χ2n) is 3.69. The van der Waals surface area contributed by atoms with E-state index in [0.717, 1.165) is 0 Å². The summed E-state index contributed by atoms with van der Waals surface area (Å²) in [4.78, 5) is -0.0112. The normalized spacial score (nSPS) is 11.4. The van der Waals surface area contributed by atoms with Crippen molar-refractivity contribution >= 4 is 65.2 Å². The van der Waals surface area contributed by atoms with Crippen LogP contribution in [0.1, 0.15) is 0 Å². The maximum Gasteiger partial charge on any atom is 0.340 e. The van der Waals surface area contributed by atoms with Crippen molar-refractivity contribution in [3.8, 4) is 5.75 Å². The van der Waals surface area contributed by atoms with E-state index in [1.54, 1.807) is 18.2 Å². The minimum Gasteiger partial charge on any atom is -0.377 e. The summed E-state index contributed by atoms with van der Waals surface area (Å²) in [5, 5.41) is 0.483. The van der Waals surface area contributed by atoms with Gasteiger partial charge in [-0.25, -0.2) is 0 Å². The molecule has 0 radical (unpaired) electrons. The first-order valence-electron chi connectivity index (χ1n) is 5.14. The number of benzene rings is 2. The van der Waals surface area contributed by atoms with Crippen LogP contribution in [0, 0.1) is 0 Å². The van der Waals surface area contributed by atoms with Gasteiger partial charge in [-0.3, -0.25) is 0 Å². The number of rotatable bonds is 3. The molecular weight excluding hydrogens is 455 g/mol. The van der Waals surface area contributed by atoms with E-state index in [1.807, 2.05) is 0 Å². The largest absolute Gasteiger partial charge is 0.377 e. The lowest BCUT2D eigenvalue weighted by molar-refractivity contribution is 0.485. The molecule has 0 aliphatic rings. The van der Waals surface area contributed by atoms with E-state index in [-0.39, 0.29) is 15.7 Å². The van der Waals surface area contributed by atoms with E-state index in [1.165, 1.54) is 18.2 Å². The molecule has 2 aromatic rings. The van der Waals surface area contributed by atoms with E-state index in [4.69, 9.17) is 27.4 Å². The SMILES string of the molecule is O=S(=O)(Oc1cc(Cl)ccc1Cl)c1cc(Br)ccc1Br. The number of hydrogen-bond donors (Lipinski definition) is 0. The minimum atomic E-state index is -4.03. The lowest BCUT2D eigenvalue weighted by atomic mass is 10.3. The van der Waals surface area contributed by atoms with Crippen molar-refractivity contribution in [2.45, 2.75) is 4.90 Å². The van der Waals surface area contributed by atoms with Gasteiger partial charge in [0.15, 0.2) is 5.75 Å². The highest BCUT2D eigenvalue weighted by molar-refractivity contribution is 9.11. The van der Waals surface area contributed by atoms with Crippen LogP contribution < -0.4 is 4.18 Å². The van der Waals surface area contributed by atoms with Gasteiger partial charge < -0.3 is 4.18 Å². The third kappa shape index (κ3) is 3.68. The summed E-state index contributed by atoms with van der Waals surface area (Å²) in [6.07, 6.45) is 0. The Morgan fingerprint density at radius 1 is 1.00 bits per heavy atom. The van der Waals surface area contributed by atoms with Crippen LogP contribution in [-0.4, -0.2) is 8.42 Å². The third-order valence-corrected chi connectivity index (χ3v) is 5.53. The molecular formula is C12H6Br2Cl2O3S. The Labute approximate surface area is 143 Å². The van der Waals surface area contributed by atoms with E-state index in [0.29, 0.717) is 14.0 Å². The monoisotopic (exact) mass is 458 g/mol. The molecule has 0 unspecified atom stereocenters. The average molecular weight is 461 g/mol. The second-order valence-corrected chi connectivity index (χ2v) is 7.82. The predicted molar refractivity (Wildman–Crippen MR) is 86.1 cm³/mol. The summed E-state index contributed by atoms with van der Waals surface area (Å²) in [7, 11) is -4.03. The van der Waals surface area contributed by atoms with Crippen molar-refractivity contribution in [1.82, 2.24) is 0 Å². The third-order valence-electron chi connectivity index (χ3n) is 2.26. The molecule has 3 nitrogen and oxygen atoms in total. The molecule has 0 aromatic heterocycles. The average Bonchev–Trinajstić information content (AvgIpc) is 2.36. The zero-order chi connectivity index (χ0) is 14.9. The molecule has 2 aromatic carbocycles.